The van der Waals surface area contributed by atoms with Crippen LogP contribution in [0.5, 0.6) is 0 Å². The standard InChI is InChI=1S/C11H16N2O3/c1-11(2,3)15-10(14)13-8-6-12-16-9(8)7-4-5-7/h6-7H,4-5H2,1-3H3,(H,13,14). The molecule has 0 atom stereocenters. The molecule has 1 N–H and O–H groups in total. The van der Waals surface area contributed by atoms with Gasteiger partial charge in [0.25, 0.3) is 0 Å². The van der Waals surface area contributed by atoms with E-state index in [1.165, 1.54) is 6.20 Å². The van der Waals surface area contributed by atoms with Crippen molar-refractivity contribution in [3.05, 3.63) is 12.0 Å². The Morgan fingerprint density at radius 3 is 2.81 bits per heavy atom. The normalized spacial score (nSPS) is 15.9. The molecule has 0 radical (unpaired) electrons. The summed E-state index contributed by atoms with van der Waals surface area (Å²) in [4.78, 5) is 11.5. The number of hydrogen-bond acceptors (Lipinski definition) is 4. The highest BCUT2D eigenvalue weighted by molar-refractivity contribution is 5.85. The van der Waals surface area contributed by atoms with E-state index in [2.05, 4.69) is 10.5 Å². The molecule has 1 fully saturated rings. The van der Waals surface area contributed by atoms with Gasteiger partial charge in [0, 0.05) is 5.92 Å². The zero-order valence-corrected chi connectivity index (χ0v) is 9.74. The lowest BCUT2D eigenvalue weighted by atomic mass is 10.2. The zero-order valence-electron chi connectivity index (χ0n) is 9.74. The van der Waals surface area contributed by atoms with Crippen molar-refractivity contribution >= 4 is 11.8 Å². The Morgan fingerprint density at radius 1 is 1.56 bits per heavy atom. The number of amides is 1. The van der Waals surface area contributed by atoms with E-state index in [1.807, 2.05) is 20.8 Å². The van der Waals surface area contributed by atoms with E-state index in [0.717, 1.165) is 18.6 Å². The lowest BCUT2D eigenvalue weighted by Crippen LogP contribution is -2.27. The SMILES string of the molecule is CC(C)(C)OC(=O)Nc1cnoc1C1CC1. The van der Waals surface area contributed by atoms with Crippen LogP contribution in [-0.4, -0.2) is 16.9 Å². The summed E-state index contributed by atoms with van der Waals surface area (Å²) >= 11 is 0. The quantitative estimate of drug-likeness (QED) is 0.838. The predicted octanol–water partition coefficient (Wildman–Crippen LogP) is 2.90. The van der Waals surface area contributed by atoms with Gasteiger partial charge in [-0.15, -0.1) is 0 Å². The Hall–Kier alpha value is -1.52. The largest absolute Gasteiger partial charge is 0.444 e. The minimum absolute atomic E-state index is 0.410. The highest BCUT2D eigenvalue weighted by atomic mass is 16.6. The van der Waals surface area contributed by atoms with Gasteiger partial charge >= 0.3 is 6.09 Å². The number of rotatable bonds is 2. The number of aromatic nitrogens is 1. The van der Waals surface area contributed by atoms with E-state index in [1.54, 1.807) is 0 Å². The Bertz CT molecular complexity index is 388. The summed E-state index contributed by atoms with van der Waals surface area (Å²) in [5.41, 5.74) is 0.123. The van der Waals surface area contributed by atoms with Gasteiger partial charge in [-0.3, -0.25) is 5.32 Å². The minimum Gasteiger partial charge on any atom is -0.444 e. The third-order valence-electron chi connectivity index (χ3n) is 2.18. The smallest absolute Gasteiger partial charge is 0.412 e. The molecule has 1 saturated carbocycles. The first kappa shape index (κ1) is 11.0. The first-order chi connectivity index (χ1) is 7.46. The summed E-state index contributed by atoms with van der Waals surface area (Å²) in [5, 5.41) is 6.34. The highest BCUT2D eigenvalue weighted by Gasteiger charge is 2.31. The van der Waals surface area contributed by atoms with Crippen LogP contribution in [0.2, 0.25) is 0 Å². The molecule has 1 aromatic rings. The third kappa shape index (κ3) is 2.74. The number of carbonyl (C=O) groups is 1. The number of nitrogens with zero attached hydrogens (tertiary/aromatic N) is 1. The van der Waals surface area contributed by atoms with Crippen molar-refractivity contribution in [3.63, 3.8) is 0 Å². The molecule has 0 spiro atoms. The van der Waals surface area contributed by atoms with Crippen LogP contribution in [0.4, 0.5) is 10.5 Å². The third-order valence-corrected chi connectivity index (χ3v) is 2.18. The van der Waals surface area contributed by atoms with E-state index in [9.17, 15) is 4.79 Å². The molecule has 88 valence electrons. The Labute approximate surface area is 94.1 Å². The van der Waals surface area contributed by atoms with Crippen molar-refractivity contribution in [2.24, 2.45) is 0 Å². The van der Waals surface area contributed by atoms with Gasteiger partial charge in [-0.25, -0.2) is 4.79 Å². The van der Waals surface area contributed by atoms with Gasteiger partial charge in [-0.05, 0) is 33.6 Å². The minimum atomic E-state index is -0.499. The van der Waals surface area contributed by atoms with E-state index in [4.69, 9.17) is 9.26 Å². The van der Waals surface area contributed by atoms with Gasteiger partial charge in [0.15, 0.2) is 5.76 Å². The van der Waals surface area contributed by atoms with E-state index in [0.29, 0.717) is 11.6 Å². The fourth-order valence-corrected chi connectivity index (χ4v) is 1.40. The van der Waals surface area contributed by atoms with Crippen LogP contribution in [0.1, 0.15) is 45.3 Å². The molecular weight excluding hydrogens is 208 g/mol. The zero-order chi connectivity index (χ0) is 11.8. The topological polar surface area (TPSA) is 64.4 Å². The van der Waals surface area contributed by atoms with Gasteiger partial charge < -0.3 is 9.26 Å². The van der Waals surface area contributed by atoms with E-state index >= 15 is 0 Å². The van der Waals surface area contributed by atoms with Gasteiger partial charge in [-0.1, -0.05) is 5.16 Å². The van der Waals surface area contributed by atoms with E-state index in [-0.39, 0.29) is 0 Å². The summed E-state index contributed by atoms with van der Waals surface area (Å²) in [5.74, 6) is 1.17. The number of nitrogens with one attached hydrogen (secondary N) is 1. The van der Waals surface area contributed by atoms with Gasteiger partial charge in [0.2, 0.25) is 0 Å². The first-order valence-electron chi connectivity index (χ1n) is 5.40. The van der Waals surface area contributed by atoms with Gasteiger partial charge in [0.1, 0.15) is 11.3 Å². The number of hydrogen-bond donors (Lipinski definition) is 1. The van der Waals surface area contributed by atoms with Crippen LogP contribution in [0.3, 0.4) is 0 Å². The number of ether oxygens (including phenoxy) is 1. The van der Waals surface area contributed by atoms with Crippen LogP contribution >= 0.6 is 0 Å². The van der Waals surface area contributed by atoms with Crippen molar-refractivity contribution < 1.29 is 14.1 Å². The maximum absolute atomic E-state index is 11.5. The average molecular weight is 224 g/mol. The van der Waals surface area contributed by atoms with Crippen molar-refractivity contribution in [2.45, 2.75) is 45.1 Å². The summed E-state index contributed by atoms with van der Waals surface area (Å²) in [7, 11) is 0. The summed E-state index contributed by atoms with van der Waals surface area (Å²) in [6, 6.07) is 0. The number of carbonyl (C=O) groups excluding carboxylic acids is 1. The Morgan fingerprint density at radius 2 is 2.25 bits per heavy atom. The molecule has 1 aromatic heterocycles. The second-order valence-electron chi connectivity index (χ2n) is 5.00. The average Bonchev–Trinajstić information content (AvgIpc) is 2.85. The maximum Gasteiger partial charge on any atom is 0.412 e. The fraction of sp³-hybridized carbons (Fsp3) is 0.636. The molecule has 16 heavy (non-hydrogen) atoms. The molecule has 0 aliphatic heterocycles. The fourth-order valence-electron chi connectivity index (χ4n) is 1.40. The van der Waals surface area contributed by atoms with Gasteiger partial charge in [0.05, 0.1) is 6.20 Å². The maximum atomic E-state index is 11.5. The van der Waals surface area contributed by atoms with E-state index < -0.39 is 11.7 Å². The summed E-state index contributed by atoms with van der Waals surface area (Å²) < 4.78 is 10.2. The van der Waals surface area contributed by atoms with Crippen LogP contribution in [-0.2, 0) is 4.74 Å². The van der Waals surface area contributed by atoms with Crippen LogP contribution in [0.25, 0.3) is 0 Å². The molecule has 5 nitrogen and oxygen atoms in total. The van der Waals surface area contributed by atoms with Crippen molar-refractivity contribution in [2.75, 3.05) is 5.32 Å². The molecule has 0 bridgehead atoms. The van der Waals surface area contributed by atoms with Crippen LogP contribution < -0.4 is 5.32 Å². The molecule has 1 aliphatic carbocycles. The molecule has 1 heterocycles. The first-order valence-corrected chi connectivity index (χ1v) is 5.40. The van der Waals surface area contributed by atoms with Gasteiger partial charge in [-0.2, -0.15) is 0 Å². The number of anilines is 1. The predicted molar refractivity (Wildman–Crippen MR) is 58.3 cm³/mol. The second kappa shape index (κ2) is 3.81. The van der Waals surface area contributed by atoms with Crippen molar-refractivity contribution in [3.8, 4) is 0 Å². The lowest BCUT2D eigenvalue weighted by molar-refractivity contribution is 0.0635. The molecule has 0 saturated heterocycles. The molecule has 2 rings (SSSR count). The van der Waals surface area contributed by atoms with Crippen LogP contribution in [0.15, 0.2) is 10.7 Å². The monoisotopic (exact) mass is 224 g/mol. The molecular formula is C11H16N2O3. The summed E-state index contributed by atoms with van der Waals surface area (Å²) in [6.45, 7) is 5.46. The lowest BCUT2D eigenvalue weighted by Gasteiger charge is -2.19. The Kier molecular flexibility index (Phi) is 2.61. The summed E-state index contributed by atoms with van der Waals surface area (Å²) in [6.07, 6.45) is 3.23. The van der Waals surface area contributed by atoms with Crippen molar-refractivity contribution in [1.82, 2.24) is 5.16 Å². The van der Waals surface area contributed by atoms with Crippen LogP contribution in [0, 0.1) is 0 Å². The molecule has 0 aromatic carbocycles. The molecule has 1 aliphatic rings. The highest BCUT2D eigenvalue weighted by Crippen LogP contribution is 2.43. The molecule has 1 amide bonds. The van der Waals surface area contributed by atoms with Crippen molar-refractivity contribution in [1.29, 1.82) is 0 Å². The molecule has 0 unspecified atom stereocenters. The molecule has 5 heteroatoms. The second-order valence-corrected chi connectivity index (χ2v) is 5.00. The Balaban J connectivity index is 1.98.